The average Bonchev–Trinajstić information content (AvgIpc) is 2.84. The van der Waals surface area contributed by atoms with E-state index in [1.807, 2.05) is 0 Å². The van der Waals surface area contributed by atoms with E-state index < -0.39 is 0 Å². The maximum atomic E-state index is 12.3. The molecular weight excluding hydrogens is 295 g/mol. The van der Waals surface area contributed by atoms with Gasteiger partial charge in [-0.05, 0) is 25.1 Å². The van der Waals surface area contributed by atoms with Gasteiger partial charge in [-0.1, -0.05) is 29.3 Å². The Kier molecular flexibility index (Phi) is 5.73. The molecule has 2 rings (SSSR count). The van der Waals surface area contributed by atoms with Crippen molar-refractivity contribution in [1.29, 1.82) is 0 Å². The Morgan fingerprint density at radius 3 is 2.78 bits per heavy atom. The van der Waals surface area contributed by atoms with E-state index in [0.717, 1.165) is 19.5 Å². The van der Waals surface area contributed by atoms with E-state index >= 15 is 0 Å². The van der Waals surface area contributed by atoms with Crippen LogP contribution in [0.3, 0.4) is 0 Å². The molecule has 1 aromatic carbocycles. The van der Waals surface area contributed by atoms with E-state index in [1.165, 1.54) is 0 Å². The van der Waals surface area contributed by atoms with Crippen LogP contribution in [0.1, 0.15) is 16.8 Å². The standard InChI is InChI=1S/C12H14Cl2N2O.ClH/c1-16(8-5-6-15-7-8)12(17)9-3-2-4-10(13)11(9)14;/h2-4,8,15H,5-7H2,1H3;1H. The highest BCUT2D eigenvalue weighted by atomic mass is 35.5. The zero-order valence-electron chi connectivity index (χ0n) is 9.95. The molecule has 1 fully saturated rings. The van der Waals surface area contributed by atoms with Crippen LogP contribution in [0.2, 0.25) is 10.0 Å². The van der Waals surface area contributed by atoms with Crippen molar-refractivity contribution in [3.05, 3.63) is 33.8 Å². The lowest BCUT2D eigenvalue weighted by molar-refractivity contribution is 0.0744. The zero-order valence-corrected chi connectivity index (χ0v) is 12.3. The van der Waals surface area contributed by atoms with Crippen molar-refractivity contribution in [3.8, 4) is 0 Å². The lowest BCUT2D eigenvalue weighted by atomic mass is 10.1. The van der Waals surface area contributed by atoms with Crippen LogP contribution in [0.15, 0.2) is 18.2 Å². The van der Waals surface area contributed by atoms with Crippen molar-refractivity contribution < 1.29 is 4.79 Å². The minimum absolute atomic E-state index is 0. The van der Waals surface area contributed by atoms with Gasteiger partial charge in [0, 0.05) is 19.6 Å². The van der Waals surface area contributed by atoms with Crippen molar-refractivity contribution >= 4 is 41.5 Å². The molecule has 1 amide bonds. The highest BCUT2D eigenvalue weighted by Crippen LogP contribution is 2.27. The molecule has 0 saturated carbocycles. The Bertz CT molecular complexity index is 433. The molecule has 0 aliphatic carbocycles. The molecular formula is C12H15Cl3N2O. The van der Waals surface area contributed by atoms with Crippen molar-refractivity contribution in [2.45, 2.75) is 12.5 Å². The number of carbonyl (C=O) groups is 1. The lowest BCUT2D eigenvalue weighted by Gasteiger charge is -2.24. The summed E-state index contributed by atoms with van der Waals surface area (Å²) < 4.78 is 0. The van der Waals surface area contributed by atoms with Crippen molar-refractivity contribution in [1.82, 2.24) is 10.2 Å². The van der Waals surface area contributed by atoms with Gasteiger partial charge in [0.1, 0.15) is 0 Å². The first-order valence-corrected chi connectivity index (χ1v) is 6.28. The summed E-state index contributed by atoms with van der Waals surface area (Å²) in [5.41, 5.74) is 0.466. The van der Waals surface area contributed by atoms with Crippen molar-refractivity contribution in [2.75, 3.05) is 20.1 Å². The predicted molar refractivity (Wildman–Crippen MR) is 77.1 cm³/mol. The summed E-state index contributed by atoms with van der Waals surface area (Å²) in [6.07, 6.45) is 0.973. The predicted octanol–water partition coefficient (Wildman–Crippen LogP) is 2.85. The summed E-state index contributed by atoms with van der Waals surface area (Å²) in [5.74, 6) is -0.0776. The molecule has 1 heterocycles. The zero-order chi connectivity index (χ0) is 12.4. The van der Waals surface area contributed by atoms with E-state index in [2.05, 4.69) is 5.32 Å². The number of nitrogens with one attached hydrogen (secondary N) is 1. The van der Waals surface area contributed by atoms with Gasteiger partial charge in [-0.15, -0.1) is 12.4 Å². The van der Waals surface area contributed by atoms with Gasteiger partial charge in [0.25, 0.3) is 5.91 Å². The fourth-order valence-corrected chi connectivity index (χ4v) is 2.38. The van der Waals surface area contributed by atoms with Gasteiger partial charge in [-0.3, -0.25) is 4.79 Å². The Morgan fingerprint density at radius 2 is 2.17 bits per heavy atom. The molecule has 0 radical (unpaired) electrons. The van der Waals surface area contributed by atoms with Crippen LogP contribution >= 0.6 is 35.6 Å². The van der Waals surface area contributed by atoms with E-state index in [9.17, 15) is 4.79 Å². The highest BCUT2D eigenvalue weighted by Gasteiger charge is 2.25. The van der Waals surface area contributed by atoms with Gasteiger partial charge in [0.2, 0.25) is 0 Å². The van der Waals surface area contributed by atoms with E-state index in [0.29, 0.717) is 15.6 Å². The van der Waals surface area contributed by atoms with E-state index in [1.54, 1.807) is 30.1 Å². The normalized spacial score (nSPS) is 18.3. The fraction of sp³-hybridized carbons (Fsp3) is 0.417. The lowest BCUT2D eigenvalue weighted by Crippen LogP contribution is -2.38. The largest absolute Gasteiger partial charge is 0.337 e. The third-order valence-corrected chi connectivity index (χ3v) is 3.90. The summed E-state index contributed by atoms with van der Waals surface area (Å²) in [6, 6.07) is 5.35. The topological polar surface area (TPSA) is 32.3 Å². The number of halogens is 3. The SMILES string of the molecule is CN(C(=O)c1cccc(Cl)c1Cl)C1CCNC1.Cl. The van der Waals surface area contributed by atoms with Gasteiger partial charge in [0.05, 0.1) is 15.6 Å². The molecule has 0 aromatic heterocycles. The molecule has 1 N–H and O–H groups in total. The summed E-state index contributed by atoms with van der Waals surface area (Å²) in [5, 5.41) is 3.98. The van der Waals surface area contributed by atoms with Crippen LogP contribution in [-0.4, -0.2) is 37.0 Å². The van der Waals surface area contributed by atoms with Crippen molar-refractivity contribution in [2.24, 2.45) is 0 Å². The second kappa shape index (κ2) is 6.62. The Labute approximate surface area is 123 Å². The van der Waals surface area contributed by atoms with Crippen LogP contribution < -0.4 is 5.32 Å². The van der Waals surface area contributed by atoms with Gasteiger partial charge in [-0.2, -0.15) is 0 Å². The maximum absolute atomic E-state index is 12.3. The monoisotopic (exact) mass is 308 g/mol. The highest BCUT2D eigenvalue weighted by molar-refractivity contribution is 6.43. The summed E-state index contributed by atoms with van der Waals surface area (Å²) in [4.78, 5) is 14.0. The number of amides is 1. The Morgan fingerprint density at radius 1 is 1.44 bits per heavy atom. The molecule has 6 heteroatoms. The molecule has 1 atom stereocenters. The molecule has 1 aliphatic heterocycles. The van der Waals surface area contributed by atoms with E-state index in [4.69, 9.17) is 23.2 Å². The van der Waals surface area contributed by atoms with Crippen LogP contribution in [-0.2, 0) is 0 Å². The second-order valence-corrected chi connectivity index (χ2v) is 4.95. The second-order valence-electron chi connectivity index (χ2n) is 4.16. The van der Waals surface area contributed by atoms with Crippen molar-refractivity contribution in [3.63, 3.8) is 0 Å². The van der Waals surface area contributed by atoms with Crippen LogP contribution in [0.25, 0.3) is 0 Å². The molecule has 0 spiro atoms. The number of likely N-dealkylation sites (N-methyl/N-ethyl adjacent to an activating group) is 1. The fourth-order valence-electron chi connectivity index (χ4n) is 1.99. The number of hydrogen-bond acceptors (Lipinski definition) is 2. The molecule has 1 aromatic rings. The molecule has 1 aliphatic rings. The first-order valence-electron chi connectivity index (χ1n) is 5.53. The van der Waals surface area contributed by atoms with Gasteiger partial charge in [0.15, 0.2) is 0 Å². The Hall–Kier alpha value is -0.480. The minimum atomic E-state index is -0.0776. The van der Waals surface area contributed by atoms with Gasteiger partial charge in [-0.25, -0.2) is 0 Å². The summed E-state index contributed by atoms with van der Waals surface area (Å²) in [6.45, 7) is 1.78. The molecule has 1 unspecified atom stereocenters. The molecule has 0 bridgehead atoms. The first kappa shape index (κ1) is 15.6. The summed E-state index contributed by atoms with van der Waals surface area (Å²) >= 11 is 12.0. The number of nitrogens with zero attached hydrogens (tertiary/aromatic N) is 1. The third kappa shape index (κ3) is 3.09. The molecule has 100 valence electrons. The van der Waals surface area contributed by atoms with Crippen LogP contribution in [0.4, 0.5) is 0 Å². The number of rotatable bonds is 2. The van der Waals surface area contributed by atoms with E-state index in [-0.39, 0.29) is 24.4 Å². The van der Waals surface area contributed by atoms with Gasteiger partial charge >= 0.3 is 0 Å². The number of benzene rings is 1. The number of hydrogen-bond donors (Lipinski definition) is 1. The third-order valence-electron chi connectivity index (χ3n) is 3.08. The molecule has 3 nitrogen and oxygen atoms in total. The average molecular weight is 310 g/mol. The van der Waals surface area contributed by atoms with Gasteiger partial charge < -0.3 is 10.2 Å². The number of carbonyl (C=O) groups excluding carboxylic acids is 1. The molecule has 18 heavy (non-hydrogen) atoms. The first-order chi connectivity index (χ1) is 8.11. The molecule has 1 saturated heterocycles. The summed E-state index contributed by atoms with van der Waals surface area (Å²) in [7, 11) is 1.80. The Balaban J connectivity index is 0.00000162. The minimum Gasteiger partial charge on any atom is -0.337 e. The van der Waals surface area contributed by atoms with Crippen LogP contribution in [0, 0.1) is 0 Å². The smallest absolute Gasteiger partial charge is 0.255 e. The maximum Gasteiger partial charge on any atom is 0.255 e. The quantitative estimate of drug-likeness (QED) is 0.911. The van der Waals surface area contributed by atoms with Crippen LogP contribution in [0.5, 0.6) is 0 Å².